The van der Waals surface area contributed by atoms with Crippen LogP contribution in [0.25, 0.3) is 11.1 Å². The summed E-state index contributed by atoms with van der Waals surface area (Å²) in [5.74, 6) is 0.809. The van der Waals surface area contributed by atoms with Crippen molar-refractivity contribution in [1.29, 1.82) is 0 Å². The number of hydrogen-bond donors (Lipinski definition) is 1. The lowest BCUT2D eigenvalue weighted by atomic mass is 10.0. The maximum Gasteiger partial charge on any atom is 0.128 e. The van der Waals surface area contributed by atoms with Crippen molar-refractivity contribution < 1.29 is 9.84 Å². The summed E-state index contributed by atoms with van der Waals surface area (Å²) >= 11 is 1.64. The standard InChI is InChI=1S/C18H16O2S/c19-11-15-7-4-8-17(18(15)16-9-10-21-13-16)20-12-14-5-2-1-3-6-14/h1-10,13,19H,11-12H2. The molecule has 3 rings (SSSR count). The van der Waals surface area contributed by atoms with Gasteiger partial charge in [0.15, 0.2) is 0 Å². The highest BCUT2D eigenvalue weighted by Gasteiger charge is 2.12. The fourth-order valence-corrected chi connectivity index (χ4v) is 2.95. The largest absolute Gasteiger partial charge is 0.488 e. The lowest BCUT2D eigenvalue weighted by Crippen LogP contribution is -1.99. The van der Waals surface area contributed by atoms with E-state index in [0.717, 1.165) is 28.0 Å². The highest BCUT2D eigenvalue weighted by atomic mass is 32.1. The van der Waals surface area contributed by atoms with E-state index in [0.29, 0.717) is 6.61 Å². The summed E-state index contributed by atoms with van der Waals surface area (Å²) in [6.07, 6.45) is 0. The Labute approximate surface area is 128 Å². The average molecular weight is 296 g/mol. The molecule has 0 radical (unpaired) electrons. The summed E-state index contributed by atoms with van der Waals surface area (Å²) in [6.45, 7) is 0.528. The highest BCUT2D eigenvalue weighted by Crippen LogP contribution is 2.35. The summed E-state index contributed by atoms with van der Waals surface area (Å²) in [5, 5.41) is 13.7. The molecule has 0 spiro atoms. The van der Waals surface area contributed by atoms with E-state index in [9.17, 15) is 5.11 Å². The molecule has 2 aromatic carbocycles. The third-order valence-corrected chi connectivity index (χ3v) is 4.01. The van der Waals surface area contributed by atoms with Crippen molar-refractivity contribution in [2.45, 2.75) is 13.2 Å². The van der Waals surface area contributed by atoms with Gasteiger partial charge < -0.3 is 9.84 Å². The Morgan fingerprint density at radius 3 is 2.52 bits per heavy atom. The minimum atomic E-state index is 0.00766. The van der Waals surface area contributed by atoms with Crippen LogP contribution in [0.4, 0.5) is 0 Å². The first-order chi connectivity index (χ1) is 10.4. The van der Waals surface area contributed by atoms with Gasteiger partial charge in [0.1, 0.15) is 12.4 Å². The second-order valence-corrected chi connectivity index (χ2v) is 5.51. The van der Waals surface area contributed by atoms with Gasteiger partial charge in [0, 0.05) is 5.56 Å². The van der Waals surface area contributed by atoms with Crippen molar-refractivity contribution in [3.05, 3.63) is 76.5 Å². The van der Waals surface area contributed by atoms with Gasteiger partial charge in [0.25, 0.3) is 0 Å². The molecule has 0 amide bonds. The second kappa shape index (κ2) is 6.57. The lowest BCUT2D eigenvalue weighted by Gasteiger charge is -2.14. The molecule has 0 aliphatic carbocycles. The zero-order valence-corrected chi connectivity index (χ0v) is 12.3. The van der Waals surface area contributed by atoms with Crippen molar-refractivity contribution in [2.75, 3.05) is 0 Å². The molecule has 0 saturated carbocycles. The monoisotopic (exact) mass is 296 g/mol. The Hall–Kier alpha value is -2.10. The fraction of sp³-hybridized carbons (Fsp3) is 0.111. The first-order valence-corrected chi connectivity index (χ1v) is 7.75. The third kappa shape index (κ3) is 3.15. The topological polar surface area (TPSA) is 29.5 Å². The molecule has 3 heteroatoms. The summed E-state index contributed by atoms with van der Waals surface area (Å²) < 4.78 is 5.98. The molecule has 0 aliphatic rings. The van der Waals surface area contributed by atoms with E-state index in [1.807, 2.05) is 53.9 Å². The van der Waals surface area contributed by atoms with Crippen molar-refractivity contribution >= 4 is 11.3 Å². The van der Waals surface area contributed by atoms with Crippen LogP contribution >= 0.6 is 11.3 Å². The fourth-order valence-electron chi connectivity index (χ4n) is 2.30. The predicted molar refractivity (Wildman–Crippen MR) is 86.5 cm³/mol. The number of ether oxygens (including phenoxy) is 1. The molecule has 0 fully saturated rings. The lowest BCUT2D eigenvalue weighted by molar-refractivity contribution is 0.279. The van der Waals surface area contributed by atoms with Crippen LogP contribution < -0.4 is 4.74 Å². The van der Waals surface area contributed by atoms with Crippen molar-refractivity contribution in [1.82, 2.24) is 0 Å². The Morgan fingerprint density at radius 2 is 1.81 bits per heavy atom. The first-order valence-electron chi connectivity index (χ1n) is 6.80. The molecule has 2 nitrogen and oxygen atoms in total. The Kier molecular flexibility index (Phi) is 4.34. The Balaban J connectivity index is 1.91. The number of aliphatic hydroxyl groups excluding tert-OH is 1. The molecule has 0 saturated heterocycles. The van der Waals surface area contributed by atoms with Crippen LogP contribution in [-0.2, 0) is 13.2 Å². The number of hydrogen-bond acceptors (Lipinski definition) is 3. The number of benzene rings is 2. The van der Waals surface area contributed by atoms with Gasteiger partial charge in [-0.3, -0.25) is 0 Å². The molecular formula is C18H16O2S. The van der Waals surface area contributed by atoms with Gasteiger partial charge in [0.05, 0.1) is 6.61 Å². The molecule has 1 N–H and O–H groups in total. The van der Waals surface area contributed by atoms with E-state index >= 15 is 0 Å². The van der Waals surface area contributed by atoms with Crippen molar-refractivity contribution in [3.63, 3.8) is 0 Å². The quantitative estimate of drug-likeness (QED) is 0.752. The Bertz CT molecular complexity index is 691. The maximum atomic E-state index is 9.57. The molecule has 1 aromatic heterocycles. The molecule has 0 aliphatic heterocycles. The minimum absolute atomic E-state index is 0.00766. The van der Waals surface area contributed by atoms with Crippen LogP contribution in [0.2, 0.25) is 0 Å². The van der Waals surface area contributed by atoms with Crippen LogP contribution in [0.15, 0.2) is 65.4 Å². The summed E-state index contributed by atoms with van der Waals surface area (Å²) in [5.41, 5.74) is 4.09. The van der Waals surface area contributed by atoms with E-state index in [1.54, 1.807) is 11.3 Å². The van der Waals surface area contributed by atoms with E-state index < -0.39 is 0 Å². The number of thiophene rings is 1. The normalized spacial score (nSPS) is 10.5. The van der Waals surface area contributed by atoms with E-state index in [1.165, 1.54) is 0 Å². The van der Waals surface area contributed by atoms with Gasteiger partial charge in [-0.15, -0.1) is 0 Å². The predicted octanol–water partition coefficient (Wildman–Crippen LogP) is 4.49. The number of aliphatic hydroxyl groups is 1. The van der Waals surface area contributed by atoms with Gasteiger partial charge in [-0.05, 0) is 39.6 Å². The van der Waals surface area contributed by atoms with Crippen molar-refractivity contribution in [3.8, 4) is 16.9 Å². The van der Waals surface area contributed by atoms with E-state index in [-0.39, 0.29) is 6.61 Å². The molecule has 0 atom stereocenters. The van der Waals surface area contributed by atoms with Crippen LogP contribution in [-0.4, -0.2) is 5.11 Å². The van der Waals surface area contributed by atoms with Crippen LogP contribution in [0.1, 0.15) is 11.1 Å². The van der Waals surface area contributed by atoms with Gasteiger partial charge >= 0.3 is 0 Å². The molecular weight excluding hydrogens is 280 g/mol. The van der Waals surface area contributed by atoms with E-state index in [4.69, 9.17) is 4.74 Å². The SMILES string of the molecule is OCc1cccc(OCc2ccccc2)c1-c1ccsc1. The number of rotatable bonds is 5. The molecule has 0 bridgehead atoms. The van der Waals surface area contributed by atoms with Gasteiger partial charge in [0.2, 0.25) is 0 Å². The maximum absolute atomic E-state index is 9.57. The van der Waals surface area contributed by atoms with Gasteiger partial charge in [-0.25, -0.2) is 0 Å². The highest BCUT2D eigenvalue weighted by molar-refractivity contribution is 7.08. The summed E-state index contributed by atoms with van der Waals surface area (Å²) in [7, 11) is 0. The molecule has 106 valence electrons. The Morgan fingerprint density at radius 1 is 0.952 bits per heavy atom. The third-order valence-electron chi connectivity index (χ3n) is 3.33. The zero-order chi connectivity index (χ0) is 14.5. The van der Waals surface area contributed by atoms with Crippen molar-refractivity contribution in [2.24, 2.45) is 0 Å². The molecule has 21 heavy (non-hydrogen) atoms. The molecule has 0 unspecified atom stereocenters. The average Bonchev–Trinajstić information content (AvgIpc) is 3.07. The van der Waals surface area contributed by atoms with Crippen LogP contribution in [0, 0.1) is 0 Å². The van der Waals surface area contributed by atoms with E-state index in [2.05, 4.69) is 11.4 Å². The molecule has 3 aromatic rings. The summed E-state index contributed by atoms with van der Waals surface area (Å²) in [6, 6.07) is 17.9. The first kappa shape index (κ1) is 13.9. The second-order valence-electron chi connectivity index (χ2n) is 4.73. The zero-order valence-electron chi connectivity index (χ0n) is 11.5. The summed E-state index contributed by atoms with van der Waals surface area (Å²) in [4.78, 5) is 0. The van der Waals surface area contributed by atoms with Gasteiger partial charge in [-0.1, -0.05) is 42.5 Å². The van der Waals surface area contributed by atoms with Crippen LogP contribution in [0.3, 0.4) is 0 Å². The molecule has 1 heterocycles. The van der Waals surface area contributed by atoms with Crippen LogP contribution in [0.5, 0.6) is 5.75 Å². The smallest absolute Gasteiger partial charge is 0.128 e. The van der Waals surface area contributed by atoms with Gasteiger partial charge in [-0.2, -0.15) is 11.3 Å². The minimum Gasteiger partial charge on any atom is -0.488 e.